The zero-order chi connectivity index (χ0) is 42.1. The standard InChI is InChI=1S/C62H49N/c1-61(2)57-22-8-6-19-54(57)56-21-13-20-52(60(56)61)48-16-12-17-50(40-48)63(51-36-37-55-53-18-7-9-23-58(53)62(59(55)41-51)38-10-11-39-62)49-34-32-47(33-35-49)46-30-28-45(29-31-46)44-26-24-43(25-27-44)42-14-4-3-5-15-42/h3-9,12-37,40-41H,10-11,38-39H2,1-2H3. The summed E-state index contributed by atoms with van der Waals surface area (Å²) in [5, 5.41) is 0. The molecule has 0 aromatic heterocycles. The molecule has 0 heterocycles. The first-order chi connectivity index (χ1) is 31.0. The molecular formula is C62H49N. The fourth-order valence-corrected chi connectivity index (χ4v) is 11.6. The van der Waals surface area contributed by atoms with Crippen LogP contribution >= 0.6 is 0 Å². The molecule has 302 valence electrons. The van der Waals surface area contributed by atoms with E-state index in [0.29, 0.717) is 0 Å². The Kier molecular flexibility index (Phi) is 8.76. The molecule has 0 bridgehead atoms. The van der Waals surface area contributed by atoms with Gasteiger partial charge in [-0.2, -0.15) is 0 Å². The Balaban J connectivity index is 0.933. The molecule has 0 unspecified atom stereocenters. The molecule has 0 atom stereocenters. The molecule has 12 rings (SSSR count). The summed E-state index contributed by atoms with van der Waals surface area (Å²) in [6, 6.07) is 79.3. The molecule has 3 aliphatic carbocycles. The highest BCUT2D eigenvalue weighted by molar-refractivity contribution is 5.91. The van der Waals surface area contributed by atoms with Gasteiger partial charge < -0.3 is 4.90 Å². The van der Waals surface area contributed by atoms with E-state index < -0.39 is 0 Å². The Labute approximate surface area is 372 Å². The maximum Gasteiger partial charge on any atom is 0.0467 e. The second-order valence-corrected chi connectivity index (χ2v) is 18.4. The first-order valence-electron chi connectivity index (χ1n) is 22.7. The summed E-state index contributed by atoms with van der Waals surface area (Å²) in [4.78, 5) is 2.49. The largest absolute Gasteiger partial charge is 0.310 e. The highest BCUT2D eigenvalue weighted by Gasteiger charge is 2.45. The van der Waals surface area contributed by atoms with Crippen LogP contribution in [0.15, 0.2) is 212 Å². The van der Waals surface area contributed by atoms with Crippen molar-refractivity contribution in [1.82, 2.24) is 0 Å². The molecule has 0 saturated heterocycles. The Bertz CT molecular complexity index is 3160. The Morgan fingerprint density at radius 2 is 0.762 bits per heavy atom. The number of hydrogen-bond donors (Lipinski definition) is 0. The van der Waals surface area contributed by atoms with Crippen LogP contribution in [0.5, 0.6) is 0 Å². The average molecular weight is 808 g/mol. The zero-order valence-electron chi connectivity index (χ0n) is 36.0. The summed E-state index contributed by atoms with van der Waals surface area (Å²) >= 11 is 0. The Morgan fingerprint density at radius 3 is 1.41 bits per heavy atom. The van der Waals surface area contributed by atoms with Crippen molar-refractivity contribution in [1.29, 1.82) is 0 Å². The van der Waals surface area contributed by atoms with E-state index in [0.717, 1.165) is 11.4 Å². The molecule has 1 fully saturated rings. The molecular weight excluding hydrogens is 759 g/mol. The van der Waals surface area contributed by atoms with Gasteiger partial charge in [-0.3, -0.25) is 0 Å². The third-order valence-electron chi connectivity index (χ3n) is 14.6. The number of nitrogens with zero attached hydrogens (tertiary/aromatic N) is 1. The highest BCUT2D eigenvalue weighted by atomic mass is 15.1. The molecule has 1 nitrogen and oxygen atoms in total. The van der Waals surface area contributed by atoms with Crippen LogP contribution in [0.3, 0.4) is 0 Å². The van der Waals surface area contributed by atoms with E-state index in [1.807, 2.05) is 0 Å². The Hall–Kier alpha value is -7.22. The Morgan fingerprint density at radius 1 is 0.317 bits per heavy atom. The monoisotopic (exact) mass is 807 g/mol. The SMILES string of the molecule is CC1(C)c2ccccc2-c2cccc(-c3cccc(N(c4ccc(-c5ccc(-c6ccc(-c7ccccc7)cc6)cc5)cc4)c4ccc5c(c4)C4(CCCC4)c4ccccc4-5)c3)c21. The maximum atomic E-state index is 2.53. The minimum absolute atomic E-state index is 0.0839. The van der Waals surface area contributed by atoms with E-state index in [1.165, 1.54) is 120 Å². The van der Waals surface area contributed by atoms with E-state index in [2.05, 4.69) is 231 Å². The highest BCUT2D eigenvalue weighted by Crippen LogP contribution is 2.58. The van der Waals surface area contributed by atoms with Crippen LogP contribution in [-0.4, -0.2) is 0 Å². The van der Waals surface area contributed by atoms with Gasteiger partial charge in [0.05, 0.1) is 0 Å². The van der Waals surface area contributed by atoms with Crippen molar-refractivity contribution in [2.75, 3.05) is 4.90 Å². The molecule has 0 aliphatic heterocycles. The van der Waals surface area contributed by atoms with Gasteiger partial charge in [0, 0.05) is 27.9 Å². The van der Waals surface area contributed by atoms with Gasteiger partial charge in [0.1, 0.15) is 0 Å². The van der Waals surface area contributed by atoms with E-state index in [1.54, 1.807) is 0 Å². The lowest BCUT2D eigenvalue weighted by atomic mass is 9.76. The van der Waals surface area contributed by atoms with E-state index in [4.69, 9.17) is 0 Å². The van der Waals surface area contributed by atoms with Crippen molar-refractivity contribution in [3.63, 3.8) is 0 Å². The molecule has 0 amide bonds. The predicted molar refractivity (Wildman–Crippen MR) is 265 cm³/mol. The molecule has 0 radical (unpaired) electrons. The first kappa shape index (κ1) is 37.5. The molecule has 9 aromatic rings. The lowest BCUT2D eigenvalue weighted by Gasteiger charge is -2.30. The summed E-state index contributed by atoms with van der Waals surface area (Å²) in [5.74, 6) is 0. The molecule has 3 aliphatic rings. The molecule has 1 saturated carbocycles. The van der Waals surface area contributed by atoms with Crippen molar-refractivity contribution < 1.29 is 0 Å². The van der Waals surface area contributed by atoms with Gasteiger partial charge in [-0.25, -0.2) is 0 Å². The fourth-order valence-electron chi connectivity index (χ4n) is 11.6. The van der Waals surface area contributed by atoms with E-state index in [-0.39, 0.29) is 10.8 Å². The normalized spacial score (nSPS) is 14.8. The lowest BCUT2D eigenvalue weighted by molar-refractivity contribution is 0.550. The number of hydrogen-bond acceptors (Lipinski definition) is 1. The van der Waals surface area contributed by atoms with Gasteiger partial charge >= 0.3 is 0 Å². The summed E-state index contributed by atoms with van der Waals surface area (Å²) in [5.41, 5.74) is 24.7. The van der Waals surface area contributed by atoms with Crippen LogP contribution in [0.25, 0.3) is 66.8 Å². The fraction of sp³-hybridized carbons (Fsp3) is 0.129. The van der Waals surface area contributed by atoms with Crippen LogP contribution in [0.1, 0.15) is 61.8 Å². The van der Waals surface area contributed by atoms with Crippen LogP contribution in [0.4, 0.5) is 17.1 Å². The first-order valence-corrected chi connectivity index (χ1v) is 22.7. The number of anilines is 3. The molecule has 1 heteroatoms. The zero-order valence-corrected chi connectivity index (χ0v) is 36.0. The minimum atomic E-state index is -0.107. The number of benzene rings is 9. The predicted octanol–water partition coefficient (Wildman–Crippen LogP) is 17.0. The van der Waals surface area contributed by atoms with Gasteiger partial charge in [-0.15, -0.1) is 0 Å². The third-order valence-corrected chi connectivity index (χ3v) is 14.6. The van der Waals surface area contributed by atoms with Gasteiger partial charge in [-0.05, 0) is 138 Å². The molecule has 9 aromatic carbocycles. The summed E-state index contributed by atoms with van der Waals surface area (Å²) in [6.07, 6.45) is 4.96. The van der Waals surface area contributed by atoms with Gasteiger partial charge in [0.25, 0.3) is 0 Å². The summed E-state index contributed by atoms with van der Waals surface area (Å²) < 4.78 is 0. The van der Waals surface area contributed by atoms with Crippen molar-refractivity contribution in [3.8, 4) is 66.8 Å². The second kappa shape index (κ2) is 14.7. The van der Waals surface area contributed by atoms with Crippen molar-refractivity contribution in [2.45, 2.75) is 50.4 Å². The maximum absolute atomic E-state index is 2.53. The summed E-state index contributed by atoms with van der Waals surface area (Å²) in [7, 11) is 0. The molecule has 63 heavy (non-hydrogen) atoms. The van der Waals surface area contributed by atoms with Crippen LogP contribution in [0, 0.1) is 0 Å². The topological polar surface area (TPSA) is 3.24 Å². The van der Waals surface area contributed by atoms with Crippen molar-refractivity contribution in [2.24, 2.45) is 0 Å². The summed E-state index contributed by atoms with van der Waals surface area (Å²) in [6.45, 7) is 4.77. The van der Waals surface area contributed by atoms with E-state index in [9.17, 15) is 0 Å². The molecule has 0 N–H and O–H groups in total. The van der Waals surface area contributed by atoms with Crippen LogP contribution in [0.2, 0.25) is 0 Å². The average Bonchev–Trinajstić information content (AvgIpc) is 4.02. The van der Waals surface area contributed by atoms with Crippen LogP contribution in [-0.2, 0) is 10.8 Å². The van der Waals surface area contributed by atoms with Crippen molar-refractivity contribution >= 4 is 17.1 Å². The van der Waals surface area contributed by atoms with Gasteiger partial charge in [0.2, 0.25) is 0 Å². The second-order valence-electron chi connectivity index (χ2n) is 18.4. The van der Waals surface area contributed by atoms with Crippen molar-refractivity contribution in [3.05, 3.63) is 235 Å². The molecule has 1 spiro atoms. The van der Waals surface area contributed by atoms with Gasteiger partial charge in [0.15, 0.2) is 0 Å². The minimum Gasteiger partial charge on any atom is -0.310 e. The lowest BCUT2D eigenvalue weighted by Crippen LogP contribution is -2.21. The quantitative estimate of drug-likeness (QED) is 0.155. The van der Waals surface area contributed by atoms with Crippen LogP contribution < -0.4 is 4.90 Å². The number of fused-ring (bicyclic) bond motifs is 8. The van der Waals surface area contributed by atoms with E-state index >= 15 is 0 Å². The number of rotatable bonds is 7. The smallest absolute Gasteiger partial charge is 0.0467 e. The van der Waals surface area contributed by atoms with Gasteiger partial charge in [-0.1, -0.05) is 203 Å². The third kappa shape index (κ3) is 6.05.